The molecule has 6 rings (SSSR count). The fraction of sp³-hybridized carbons (Fsp3) is 0.0968. The Morgan fingerprint density at radius 1 is 0.795 bits per heavy atom. The Morgan fingerprint density at radius 2 is 1.41 bits per heavy atom. The summed E-state index contributed by atoms with van der Waals surface area (Å²) in [6, 6.07) is 33.6. The molecule has 0 saturated carbocycles. The summed E-state index contributed by atoms with van der Waals surface area (Å²) < 4.78 is 32.0. The highest BCUT2D eigenvalue weighted by atomic mass is 79.9. The lowest BCUT2D eigenvalue weighted by molar-refractivity contribution is 0.372. The minimum Gasteiger partial charge on any atom is -0.240 e. The minimum absolute atomic E-state index is 0.197. The molecule has 8 heteroatoms. The number of hydrogen-bond acceptors (Lipinski definition) is 4. The summed E-state index contributed by atoms with van der Waals surface area (Å²) in [4.78, 5) is 0.197. The molecule has 0 aliphatic carbocycles. The second-order valence-corrected chi connectivity index (χ2v) is 12.2. The highest BCUT2D eigenvalue weighted by Gasteiger charge is 2.40. The van der Waals surface area contributed by atoms with E-state index < -0.39 is 16.1 Å². The van der Waals surface area contributed by atoms with Gasteiger partial charge in [0.05, 0.1) is 28.0 Å². The molecule has 6 nitrogen and oxygen atoms in total. The number of rotatable bonds is 6. The molecule has 0 spiro atoms. The molecular weight excluding hydrogens is 572 g/mol. The molecule has 0 amide bonds. The first-order chi connectivity index (χ1) is 18.9. The van der Waals surface area contributed by atoms with Crippen molar-refractivity contribution in [2.75, 3.05) is 0 Å². The smallest absolute Gasteiger partial charge is 0.240 e. The third-order valence-electron chi connectivity index (χ3n) is 6.78. The van der Waals surface area contributed by atoms with Crippen LogP contribution in [-0.4, -0.2) is 28.3 Å². The molecule has 1 unspecified atom stereocenters. The van der Waals surface area contributed by atoms with Crippen LogP contribution in [0.25, 0.3) is 16.9 Å². The number of hydrogen-bond donors (Lipinski definition) is 0. The Labute approximate surface area is 236 Å². The number of nitrogens with zero attached hydrogens (tertiary/aromatic N) is 4. The molecule has 0 fully saturated rings. The molecule has 5 aromatic rings. The standard InChI is InChI=1S/C31H25BrN4O2S/c1-22-12-14-24(15-13-22)31-28(21-35(34-31)26-8-4-2-5-9-26)30-20-29(23-16-18-25(32)19-17-23)33-36(30)39(37,38)27-10-6-3-7-11-27/h2-19,21,30H,20H2,1H3. The highest BCUT2D eigenvalue weighted by Crippen LogP contribution is 2.41. The summed E-state index contributed by atoms with van der Waals surface area (Å²) >= 11 is 3.48. The summed E-state index contributed by atoms with van der Waals surface area (Å²) in [6.07, 6.45) is 2.34. The molecule has 0 radical (unpaired) electrons. The maximum Gasteiger partial charge on any atom is 0.279 e. The van der Waals surface area contributed by atoms with E-state index in [9.17, 15) is 8.42 Å². The Balaban J connectivity index is 1.53. The molecule has 4 aromatic carbocycles. The van der Waals surface area contributed by atoms with E-state index in [1.54, 1.807) is 30.3 Å². The molecule has 0 bridgehead atoms. The van der Waals surface area contributed by atoms with Crippen LogP contribution in [0, 0.1) is 6.92 Å². The Morgan fingerprint density at radius 3 is 2.08 bits per heavy atom. The largest absolute Gasteiger partial charge is 0.279 e. The monoisotopic (exact) mass is 596 g/mol. The third-order valence-corrected chi connectivity index (χ3v) is 9.01. The van der Waals surface area contributed by atoms with E-state index in [2.05, 4.69) is 15.9 Å². The van der Waals surface area contributed by atoms with Crippen LogP contribution >= 0.6 is 15.9 Å². The van der Waals surface area contributed by atoms with Crippen molar-refractivity contribution in [2.45, 2.75) is 24.3 Å². The van der Waals surface area contributed by atoms with Crippen molar-refractivity contribution in [3.05, 3.63) is 137 Å². The molecule has 0 N–H and O–H groups in total. The van der Waals surface area contributed by atoms with Gasteiger partial charge in [0.1, 0.15) is 0 Å². The van der Waals surface area contributed by atoms with Crippen molar-refractivity contribution in [3.8, 4) is 16.9 Å². The van der Waals surface area contributed by atoms with E-state index in [-0.39, 0.29) is 4.90 Å². The molecule has 39 heavy (non-hydrogen) atoms. The molecule has 194 valence electrons. The average molecular weight is 598 g/mol. The van der Waals surface area contributed by atoms with E-state index in [4.69, 9.17) is 10.2 Å². The number of benzene rings is 4. The van der Waals surface area contributed by atoms with Gasteiger partial charge in [0.25, 0.3) is 10.0 Å². The topological polar surface area (TPSA) is 67.6 Å². The quantitative estimate of drug-likeness (QED) is 0.209. The Bertz CT molecular complexity index is 1750. The van der Waals surface area contributed by atoms with Gasteiger partial charge in [-0.15, -0.1) is 0 Å². The van der Waals surface area contributed by atoms with Gasteiger partial charge in [0.15, 0.2) is 0 Å². The fourth-order valence-corrected chi connectivity index (χ4v) is 6.45. The summed E-state index contributed by atoms with van der Waals surface area (Å²) in [6.45, 7) is 2.04. The predicted molar refractivity (Wildman–Crippen MR) is 157 cm³/mol. The first-order valence-electron chi connectivity index (χ1n) is 12.5. The lowest BCUT2D eigenvalue weighted by atomic mass is 9.97. The van der Waals surface area contributed by atoms with Crippen molar-refractivity contribution in [2.24, 2.45) is 5.10 Å². The van der Waals surface area contributed by atoms with Crippen LogP contribution in [0.5, 0.6) is 0 Å². The zero-order chi connectivity index (χ0) is 27.0. The summed E-state index contributed by atoms with van der Waals surface area (Å²) in [5.41, 5.74) is 6.04. The van der Waals surface area contributed by atoms with Gasteiger partial charge in [0, 0.05) is 28.2 Å². The van der Waals surface area contributed by atoms with Crippen LogP contribution in [0.3, 0.4) is 0 Å². The average Bonchev–Trinajstić information content (AvgIpc) is 3.61. The first-order valence-corrected chi connectivity index (χ1v) is 14.8. The van der Waals surface area contributed by atoms with Crippen molar-refractivity contribution in [3.63, 3.8) is 0 Å². The van der Waals surface area contributed by atoms with Gasteiger partial charge in [-0.3, -0.25) is 0 Å². The predicted octanol–water partition coefficient (Wildman–Crippen LogP) is 7.15. The van der Waals surface area contributed by atoms with Gasteiger partial charge in [0.2, 0.25) is 0 Å². The lowest BCUT2D eigenvalue weighted by Crippen LogP contribution is -2.27. The maximum absolute atomic E-state index is 14.0. The molecular formula is C31H25BrN4O2S. The van der Waals surface area contributed by atoms with Gasteiger partial charge in [-0.1, -0.05) is 94.3 Å². The van der Waals surface area contributed by atoms with E-state index in [1.807, 2.05) is 96.7 Å². The normalized spacial score (nSPS) is 15.4. The van der Waals surface area contributed by atoms with Gasteiger partial charge in [-0.2, -0.15) is 23.0 Å². The number of aryl methyl sites for hydroxylation is 1. The SMILES string of the molecule is Cc1ccc(-c2nn(-c3ccccc3)cc2C2CC(c3ccc(Br)cc3)=NN2S(=O)(=O)c2ccccc2)cc1. The van der Waals surface area contributed by atoms with Crippen molar-refractivity contribution >= 4 is 31.7 Å². The number of sulfonamides is 1. The van der Waals surface area contributed by atoms with Gasteiger partial charge in [-0.25, -0.2) is 4.68 Å². The minimum atomic E-state index is -3.95. The Kier molecular flexibility index (Phi) is 6.66. The third kappa shape index (κ3) is 4.93. The van der Waals surface area contributed by atoms with Crippen molar-refractivity contribution in [1.29, 1.82) is 0 Å². The zero-order valence-electron chi connectivity index (χ0n) is 21.1. The van der Waals surface area contributed by atoms with Crippen LogP contribution in [0.15, 0.2) is 130 Å². The van der Waals surface area contributed by atoms with Gasteiger partial charge < -0.3 is 0 Å². The second kappa shape index (κ2) is 10.3. The first kappa shape index (κ1) is 25.3. The Hall–Kier alpha value is -4.01. The number of para-hydroxylation sites is 1. The van der Waals surface area contributed by atoms with Crippen LogP contribution < -0.4 is 0 Å². The molecule has 1 atom stereocenters. The summed E-state index contributed by atoms with van der Waals surface area (Å²) in [5, 5.41) is 9.70. The molecule has 1 aromatic heterocycles. The van der Waals surface area contributed by atoms with Crippen molar-refractivity contribution < 1.29 is 8.42 Å². The van der Waals surface area contributed by atoms with Crippen LogP contribution in [0.2, 0.25) is 0 Å². The van der Waals surface area contributed by atoms with Crippen LogP contribution in [-0.2, 0) is 10.0 Å². The zero-order valence-corrected chi connectivity index (χ0v) is 23.5. The second-order valence-electron chi connectivity index (χ2n) is 9.44. The summed E-state index contributed by atoms with van der Waals surface area (Å²) in [7, 11) is -3.95. The molecule has 0 saturated heterocycles. The van der Waals surface area contributed by atoms with Gasteiger partial charge >= 0.3 is 0 Å². The van der Waals surface area contributed by atoms with E-state index >= 15 is 0 Å². The lowest BCUT2D eigenvalue weighted by Gasteiger charge is -2.23. The molecule has 1 aliphatic heterocycles. The van der Waals surface area contributed by atoms with Crippen LogP contribution in [0.1, 0.15) is 29.2 Å². The maximum atomic E-state index is 14.0. The van der Waals surface area contributed by atoms with E-state index in [1.165, 1.54) is 4.41 Å². The number of halogens is 1. The van der Waals surface area contributed by atoms with E-state index in [0.29, 0.717) is 12.1 Å². The molecule has 2 heterocycles. The van der Waals surface area contributed by atoms with Crippen molar-refractivity contribution in [1.82, 2.24) is 14.2 Å². The number of aromatic nitrogens is 2. The highest BCUT2D eigenvalue weighted by molar-refractivity contribution is 9.10. The van der Waals surface area contributed by atoms with Crippen LogP contribution in [0.4, 0.5) is 0 Å². The van der Waals surface area contributed by atoms with E-state index in [0.717, 1.165) is 38.1 Å². The summed E-state index contributed by atoms with van der Waals surface area (Å²) in [5.74, 6) is 0. The molecule has 1 aliphatic rings. The fourth-order valence-electron chi connectivity index (χ4n) is 4.74. The van der Waals surface area contributed by atoms with Gasteiger partial charge in [-0.05, 0) is 48.9 Å². The number of hydrazone groups is 1.